The topological polar surface area (TPSA) is 86.7 Å². The van der Waals surface area contributed by atoms with E-state index in [0.29, 0.717) is 5.71 Å². The first kappa shape index (κ1) is 18.6. The molecule has 1 aromatic carbocycles. The van der Waals surface area contributed by atoms with Crippen LogP contribution in [0.25, 0.3) is 0 Å². The molecule has 0 unspecified atom stereocenters. The molecule has 2 aromatic rings. The third-order valence-electron chi connectivity index (χ3n) is 4.67. The van der Waals surface area contributed by atoms with Crippen LogP contribution < -0.4 is 5.76 Å². The Morgan fingerprint density at radius 3 is 2.04 bits per heavy atom. The molecule has 0 N–H and O–H groups in total. The predicted octanol–water partition coefficient (Wildman–Crippen LogP) is 2.27. The number of hydrogen-bond donors (Lipinski definition) is 0. The largest absolute Gasteiger partial charge is 0.441 e. The Balaban J connectivity index is 2.75. The van der Waals surface area contributed by atoms with Gasteiger partial charge in [-0.05, 0) is 69.4 Å². The summed E-state index contributed by atoms with van der Waals surface area (Å²) in [5.41, 5.74) is 6.69. The van der Waals surface area contributed by atoms with E-state index in [2.05, 4.69) is 17.2 Å². The lowest BCUT2D eigenvalue weighted by atomic mass is 9.87. The van der Waals surface area contributed by atoms with Crippen LogP contribution in [0, 0.1) is 34.6 Å². The normalized spacial score (nSPS) is 11.7. The number of rotatable bonds is 5. The van der Waals surface area contributed by atoms with Crippen molar-refractivity contribution in [3.8, 4) is 0 Å². The molecule has 0 bridgehead atoms. The lowest BCUT2D eigenvalue weighted by Crippen LogP contribution is -2.20. The van der Waals surface area contributed by atoms with Crippen LogP contribution in [0.15, 0.2) is 14.5 Å². The Labute approximate surface area is 146 Å². The highest BCUT2D eigenvalue weighted by molar-refractivity contribution is 6.12. The van der Waals surface area contributed by atoms with Gasteiger partial charge in [0.1, 0.15) is 0 Å². The minimum atomic E-state index is -0.592. The van der Waals surface area contributed by atoms with Gasteiger partial charge in [0.2, 0.25) is 5.82 Å². The minimum Gasteiger partial charge on any atom is -0.387 e. The number of ketones is 1. The molecule has 134 valence electrons. The number of nitrogens with zero attached hydrogens (tertiary/aromatic N) is 3. The zero-order valence-corrected chi connectivity index (χ0v) is 15.7. The fraction of sp³-hybridized carbons (Fsp3) is 0.444. The number of aromatic nitrogens is 2. The van der Waals surface area contributed by atoms with Crippen molar-refractivity contribution in [2.75, 3.05) is 6.61 Å². The van der Waals surface area contributed by atoms with Gasteiger partial charge in [0.15, 0.2) is 18.1 Å². The molecule has 0 aliphatic heterocycles. The molecule has 0 saturated heterocycles. The molecule has 1 aromatic heterocycles. The summed E-state index contributed by atoms with van der Waals surface area (Å²) >= 11 is 0. The standard InChI is InChI=1S/C18H23N3O4/c1-9(22)8-24-19-16(17-20-25-18(23)21(17)7)15-13(5)11(3)10(2)12(4)14(15)6/h8H2,1-7H3. The molecule has 0 atom stereocenters. The second-order valence-corrected chi connectivity index (χ2v) is 6.25. The van der Waals surface area contributed by atoms with E-state index in [4.69, 9.17) is 9.36 Å². The molecule has 2 rings (SSSR count). The zero-order chi connectivity index (χ0) is 18.9. The molecule has 0 radical (unpaired) electrons. The monoisotopic (exact) mass is 345 g/mol. The first-order valence-corrected chi connectivity index (χ1v) is 7.96. The van der Waals surface area contributed by atoms with Gasteiger partial charge in [-0.1, -0.05) is 10.3 Å². The van der Waals surface area contributed by atoms with Gasteiger partial charge in [-0.15, -0.1) is 0 Å². The van der Waals surface area contributed by atoms with Crippen LogP contribution in [-0.2, 0) is 16.7 Å². The summed E-state index contributed by atoms with van der Waals surface area (Å²) in [6.07, 6.45) is 0. The van der Waals surface area contributed by atoms with E-state index in [9.17, 15) is 9.59 Å². The van der Waals surface area contributed by atoms with Crippen LogP contribution in [0.4, 0.5) is 0 Å². The highest BCUT2D eigenvalue weighted by atomic mass is 16.6. The highest BCUT2D eigenvalue weighted by Crippen LogP contribution is 2.28. The fourth-order valence-corrected chi connectivity index (χ4v) is 2.73. The maximum atomic E-state index is 11.7. The van der Waals surface area contributed by atoms with Crippen LogP contribution in [0.5, 0.6) is 0 Å². The van der Waals surface area contributed by atoms with Crippen molar-refractivity contribution >= 4 is 11.5 Å². The van der Waals surface area contributed by atoms with Gasteiger partial charge >= 0.3 is 5.76 Å². The van der Waals surface area contributed by atoms with Crippen molar-refractivity contribution in [1.82, 2.24) is 9.72 Å². The molecule has 0 aliphatic carbocycles. The Morgan fingerprint density at radius 2 is 1.60 bits per heavy atom. The van der Waals surface area contributed by atoms with Gasteiger partial charge in [0, 0.05) is 12.6 Å². The molecule has 25 heavy (non-hydrogen) atoms. The number of benzene rings is 1. The first-order chi connectivity index (χ1) is 11.7. The predicted molar refractivity (Wildman–Crippen MR) is 94.1 cm³/mol. The van der Waals surface area contributed by atoms with Gasteiger partial charge in [0.05, 0.1) is 0 Å². The van der Waals surface area contributed by atoms with Crippen molar-refractivity contribution in [2.24, 2.45) is 12.2 Å². The number of carbonyl (C=O) groups is 1. The summed E-state index contributed by atoms with van der Waals surface area (Å²) in [6, 6.07) is 0. The van der Waals surface area contributed by atoms with Crippen molar-refractivity contribution in [1.29, 1.82) is 0 Å². The molecule has 0 aliphatic rings. The summed E-state index contributed by atoms with van der Waals surface area (Å²) in [6.45, 7) is 11.4. The second-order valence-electron chi connectivity index (χ2n) is 6.25. The summed E-state index contributed by atoms with van der Waals surface area (Å²) in [7, 11) is 1.55. The van der Waals surface area contributed by atoms with E-state index in [1.54, 1.807) is 7.05 Å². The van der Waals surface area contributed by atoms with Crippen LogP contribution in [0.2, 0.25) is 0 Å². The smallest absolute Gasteiger partial charge is 0.387 e. The van der Waals surface area contributed by atoms with E-state index in [0.717, 1.165) is 27.8 Å². The Bertz CT molecular complexity index is 890. The van der Waals surface area contributed by atoms with Crippen LogP contribution in [0.1, 0.15) is 46.1 Å². The summed E-state index contributed by atoms with van der Waals surface area (Å²) in [5.74, 6) is -0.491. The molecular formula is C18H23N3O4. The quantitative estimate of drug-likeness (QED) is 0.613. The highest BCUT2D eigenvalue weighted by Gasteiger charge is 2.23. The van der Waals surface area contributed by atoms with E-state index in [1.165, 1.54) is 17.1 Å². The maximum Gasteiger partial charge on any atom is 0.441 e. The average molecular weight is 345 g/mol. The van der Waals surface area contributed by atoms with Crippen molar-refractivity contribution in [2.45, 2.75) is 41.5 Å². The van der Waals surface area contributed by atoms with E-state index in [-0.39, 0.29) is 18.2 Å². The molecular weight excluding hydrogens is 322 g/mol. The third-order valence-corrected chi connectivity index (χ3v) is 4.67. The van der Waals surface area contributed by atoms with Crippen LogP contribution >= 0.6 is 0 Å². The lowest BCUT2D eigenvalue weighted by molar-refractivity contribution is -0.121. The molecule has 7 heteroatoms. The van der Waals surface area contributed by atoms with Crippen molar-refractivity contribution in [3.05, 3.63) is 49.8 Å². The van der Waals surface area contributed by atoms with Gasteiger partial charge < -0.3 is 4.84 Å². The number of hydrogen-bond acceptors (Lipinski definition) is 6. The Morgan fingerprint density at radius 1 is 1.08 bits per heavy atom. The molecule has 7 nitrogen and oxygen atoms in total. The van der Waals surface area contributed by atoms with Gasteiger partial charge in [-0.2, -0.15) is 0 Å². The van der Waals surface area contributed by atoms with E-state index in [1.807, 2.05) is 27.7 Å². The third kappa shape index (κ3) is 3.40. The first-order valence-electron chi connectivity index (χ1n) is 7.96. The summed E-state index contributed by atoms with van der Waals surface area (Å²) in [4.78, 5) is 28.1. The fourth-order valence-electron chi connectivity index (χ4n) is 2.73. The summed E-state index contributed by atoms with van der Waals surface area (Å²) in [5, 5.41) is 7.96. The van der Waals surface area contributed by atoms with Crippen LogP contribution in [-0.4, -0.2) is 27.8 Å². The molecule has 1 heterocycles. The Hall–Kier alpha value is -2.70. The molecule has 0 saturated carbocycles. The molecule has 0 spiro atoms. The maximum absolute atomic E-state index is 11.7. The molecule has 0 fully saturated rings. The van der Waals surface area contributed by atoms with Gasteiger partial charge in [0.25, 0.3) is 0 Å². The molecule has 0 amide bonds. The minimum absolute atomic E-state index is 0.151. The number of carbonyl (C=O) groups excluding carboxylic acids is 1. The zero-order valence-electron chi connectivity index (χ0n) is 15.7. The number of Topliss-reactive ketones (excluding diaryl/α,β-unsaturated/α-hetero) is 1. The lowest BCUT2D eigenvalue weighted by Gasteiger charge is -2.19. The SMILES string of the molecule is CC(=O)CON=C(c1c(C)c(C)c(C)c(C)c1C)c1noc(=O)n1C. The van der Waals surface area contributed by atoms with E-state index < -0.39 is 5.76 Å². The average Bonchev–Trinajstić information content (AvgIpc) is 2.89. The van der Waals surface area contributed by atoms with Crippen LogP contribution in [0.3, 0.4) is 0 Å². The van der Waals surface area contributed by atoms with Crippen molar-refractivity contribution < 1.29 is 14.2 Å². The van der Waals surface area contributed by atoms with E-state index >= 15 is 0 Å². The second kappa shape index (κ2) is 7.04. The van der Waals surface area contributed by atoms with Gasteiger partial charge in [-0.25, -0.2) is 4.79 Å². The van der Waals surface area contributed by atoms with Gasteiger partial charge in [-0.3, -0.25) is 13.9 Å². The van der Waals surface area contributed by atoms with Crippen molar-refractivity contribution in [3.63, 3.8) is 0 Å². The number of oxime groups is 1. The summed E-state index contributed by atoms with van der Waals surface area (Å²) < 4.78 is 6.01. The Kier molecular flexibility index (Phi) is 5.25.